The number of halogens is 1. The molecule has 1 amide bonds. The van der Waals surface area contributed by atoms with Crippen LogP contribution in [0, 0.1) is 12.7 Å². The van der Waals surface area contributed by atoms with Gasteiger partial charge in [-0.1, -0.05) is 11.6 Å². The maximum Gasteiger partial charge on any atom is 0.260 e. The van der Waals surface area contributed by atoms with E-state index in [1.54, 1.807) is 25.3 Å². The number of nitrogens with one attached hydrogen (secondary N) is 1. The number of carbonyl (C=O) groups excluding carboxylic acids is 1. The van der Waals surface area contributed by atoms with Gasteiger partial charge in [-0.05, 0) is 26.0 Å². The van der Waals surface area contributed by atoms with Crippen LogP contribution in [0.3, 0.4) is 0 Å². The van der Waals surface area contributed by atoms with Crippen LogP contribution in [0.4, 0.5) is 9.52 Å². The summed E-state index contributed by atoms with van der Waals surface area (Å²) in [5.41, 5.74) is 1.26. The van der Waals surface area contributed by atoms with E-state index in [4.69, 9.17) is 0 Å². The van der Waals surface area contributed by atoms with Gasteiger partial charge in [-0.2, -0.15) is 0 Å². The fourth-order valence-electron chi connectivity index (χ4n) is 1.51. The van der Waals surface area contributed by atoms with Gasteiger partial charge in [0.05, 0.1) is 17.4 Å². The average molecular weight is 280 g/mol. The van der Waals surface area contributed by atoms with E-state index in [0.717, 1.165) is 5.56 Å². The third kappa shape index (κ3) is 3.15. The lowest BCUT2D eigenvalue weighted by atomic mass is 10.1. The molecule has 6 heteroatoms. The summed E-state index contributed by atoms with van der Waals surface area (Å²) in [5, 5.41) is 13.8. The maximum absolute atomic E-state index is 13.5. The third-order valence-corrected chi connectivity index (χ3v) is 3.31. The summed E-state index contributed by atoms with van der Waals surface area (Å²) in [4.78, 5) is 16.0. The van der Waals surface area contributed by atoms with E-state index in [9.17, 15) is 14.3 Å². The summed E-state index contributed by atoms with van der Waals surface area (Å²) in [5.74, 6) is -1.12. The summed E-state index contributed by atoms with van der Waals surface area (Å²) in [7, 11) is 0. The van der Waals surface area contributed by atoms with Crippen molar-refractivity contribution in [3.63, 3.8) is 0 Å². The SMILES string of the molecule is Cc1ccc(F)c(C(=O)Nc2nc(C(C)O)cs2)c1. The Hall–Kier alpha value is -1.79. The third-order valence-electron chi connectivity index (χ3n) is 2.54. The number of aryl methyl sites for hydroxylation is 1. The zero-order valence-corrected chi connectivity index (χ0v) is 11.3. The van der Waals surface area contributed by atoms with E-state index < -0.39 is 17.8 Å². The zero-order valence-electron chi connectivity index (χ0n) is 10.5. The number of carbonyl (C=O) groups is 1. The molecular formula is C13H13FN2O2S. The summed E-state index contributed by atoms with van der Waals surface area (Å²) in [6, 6.07) is 4.34. The lowest BCUT2D eigenvalue weighted by molar-refractivity contribution is 0.102. The number of thiazole rings is 1. The highest BCUT2D eigenvalue weighted by atomic mass is 32.1. The number of nitrogens with zero attached hydrogens (tertiary/aromatic N) is 1. The highest BCUT2D eigenvalue weighted by molar-refractivity contribution is 7.14. The molecule has 2 N–H and O–H groups in total. The minimum absolute atomic E-state index is 0.0196. The van der Waals surface area contributed by atoms with E-state index in [-0.39, 0.29) is 5.56 Å². The van der Waals surface area contributed by atoms with Gasteiger partial charge >= 0.3 is 0 Å². The van der Waals surface area contributed by atoms with Gasteiger partial charge in [-0.25, -0.2) is 9.37 Å². The first-order chi connectivity index (χ1) is 8.97. The molecule has 0 aliphatic carbocycles. The normalized spacial score (nSPS) is 12.2. The van der Waals surface area contributed by atoms with E-state index >= 15 is 0 Å². The highest BCUT2D eigenvalue weighted by Crippen LogP contribution is 2.21. The molecular weight excluding hydrogens is 267 g/mol. The minimum atomic E-state index is -0.697. The van der Waals surface area contributed by atoms with Gasteiger partial charge < -0.3 is 5.11 Å². The Kier molecular flexibility index (Phi) is 3.92. The predicted molar refractivity (Wildman–Crippen MR) is 71.8 cm³/mol. The van der Waals surface area contributed by atoms with Crippen molar-refractivity contribution in [1.29, 1.82) is 0 Å². The van der Waals surface area contributed by atoms with Gasteiger partial charge in [0.25, 0.3) is 5.91 Å². The monoisotopic (exact) mass is 280 g/mol. The van der Waals surface area contributed by atoms with E-state index in [1.807, 2.05) is 0 Å². The molecule has 100 valence electrons. The van der Waals surface area contributed by atoms with E-state index in [0.29, 0.717) is 10.8 Å². The quantitative estimate of drug-likeness (QED) is 0.908. The molecule has 0 saturated heterocycles. The summed E-state index contributed by atoms with van der Waals surface area (Å²) >= 11 is 1.19. The fraction of sp³-hybridized carbons (Fsp3) is 0.231. The molecule has 1 aromatic carbocycles. The number of hydrogen-bond donors (Lipinski definition) is 2. The average Bonchev–Trinajstić information content (AvgIpc) is 2.80. The van der Waals surface area contributed by atoms with Gasteiger partial charge in [0.1, 0.15) is 5.82 Å². The number of hydrogen-bond acceptors (Lipinski definition) is 4. The van der Waals surface area contributed by atoms with Gasteiger partial charge in [-0.3, -0.25) is 10.1 Å². The molecule has 4 nitrogen and oxygen atoms in total. The number of aliphatic hydroxyl groups excluding tert-OH is 1. The Labute approximate surface area is 113 Å². The lowest BCUT2D eigenvalue weighted by Gasteiger charge is -2.04. The molecule has 0 aliphatic heterocycles. The summed E-state index contributed by atoms with van der Waals surface area (Å²) < 4.78 is 13.5. The number of rotatable bonds is 3. The Morgan fingerprint density at radius 3 is 2.89 bits per heavy atom. The minimum Gasteiger partial charge on any atom is -0.387 e. The maximum atomic E-state index is 13.5. The van der Waals surface area contributed by atoms with Crippen molar-refractivity contribution in [3.05, 3.63) is 46.2 Å². The van der Waals surface area contributed by atoms with Crippen molar-refractivity contribution < 1.29 is 14.3 Å². The Bertz CT molecular complexity index is 610. The first-order valence-electron chi connectivity index (χ1n) is 5.68. The van der Waals surface area contributed by atoms with Crippen molar-refractivity contribution in [2.24, 2.45) is 0 Å². The van der Waals surface area contributed by atoms with Crippen LogP contribution in [-0.4, -0.2) is 16.0 Å². The molecule has 0 spiro atoms. The lowest BCUT2D eigenvalue weighted by Crippen LogP contribution is -2.14. The Balaban J connectivity index is 2.18. The largest absolute Gasteiger partial charge is 0.387 e. The molecule has 1 heterocycles. The molecule has 0 radical (unpaired) electrons. The molecule has 0 fully saturated rings. The van der Waals surface area contributed by atoms with E-state index in [1.165, 1.54) is 23.5 Å². The molecule has 0 bridgehead atoms. The predicted octanol–water partition coefficient (Wildman–Crippen LogP) is 2.90. The molecule has 1 aromatic heterocycles. The zero-order chi connectivity index (χ0) is 14.0. The number of aromatic nitrogens is 1. The summed E-state index contributed by atoms with van der Waals surface area (Å²) in [6.07, 6.45) is -0.697. The van der Waals surface area contributed by atoms with Gasteiger partial charge in [0.15, 0.2) is 5.13 Å². The van der Waals surface area contributed by atoms with Gasteiger partial charge in [0, 0.05) is 5.38 Å². The molecule has 1 atom stereocenters. The van der Waals surface area contributed by atoms with Crippen LogP contribution in [0.5, 0.6) is 0 Å². The van der Waals surface area contributed by atoms with E-state index in [2.05, 4.69) is 10.3 Å². The van der Waals surface area contributed by atoms with Crippen molar-refractivity contribution >= 4 is 22.4 Å². The van der Waals surface area contributed by atoms with Crippen LogP contribution in [0.25, 0.3) is 0 Å². The van der Waals surface area contributed by atoms with Crippen molar-refractivity contribution in [2.45, 2.75) is 20.0 Å². The topological polar surface area (TPSA) is 62.2 Å². The van der Waals surface area contributed by atoms with Crippen LogP contribution in [0.15, 0.2) is 23.6 Å². The van der Waals surface area contributed by atoms with Gasteiger partial charge in [0.2, 0.25) is 0 Å². The van der Waals surface area contributed by atoms with Crippen LogP contribution >= 0.6 is 11.3 Å². The molecule has 1 unspecified atom stereocenters. The number of benzene rings is 1. The molecule has 19 heavy (non-hydrogen) atoms. The van der Waals surface area contributed by atoms with Gasteiger partial charge in [-0.15, -0.1) is 11.3 Å². The first kappa shape index (κ1) is 13.6. The fourth-order valence-corrected chi connectivity index (χ4v) is 2.30. The van der Waals surface area contributed by atoms with Crippen molar-refractivity contribution in [3.8, 4) is 0 Å². The summed E-state index contributed by atoms with van der Waals surface area (Å²) in [6.45, 7) is 3.37. The Morgan fingerprint density at radius 2 is 2.26 bits per heavy atom. The first-order valence-corrected chi connectivity index (χ1v) is 6.56. The second-order valence-electron chi connectivity index (χ2n) is 4.19. The second-order valence-corrected chi connectivity index (χ2v) is 5.05. The standard InChI is InChI=1S/C13H13FN2O2S/c1-7-3-4-10(14)9(5-7)12(18)16-13-15-11(6-19-13)8(2)17/h3-6,8,17H,1-2H3,(H,15,16,18). The Morgan fingerprint density at radius 1 is 1.53 bits per heavy atom. The van der Waals surface area contributed by atoms with Crippen LogP contribution in [-0.2, 0) is 0 Å². The van der Waals surface area contributed by atoms with Crippen molar-refractivity contribution in [2.75, 3.05) is 5.32 Å². The molecule has 2 rings (SSSR count). The van der Waals surface area contributed by atoms with Crippen LogP contribution in [0.1, 0.15) is 34.6 Å². The number of anilines is 1. The highest BCUT2D eigenvalue weighted by Gasteiger charge is 2.14. The van der Waals surface area contributed by atoms with Crippen LogP contribution in [0.2, 0.25) is 0 Å². The van der Waals surface area contributed by atoms with Crippen molar-refractivity contribution in [1.82, 2.24) is 4.98 Å². The number of aliphatic hydroxyl groups is 1. The molecule has 0 aliphatic rings. The smallest absolute Gasteiger partial charge is 0.260 e. The van der Waals surface area contributed by atoms with Crippen LogP contribution < -0.4 is 5.32 Å². The number of amides is 1. The molecule has 2 aromatic rings. The second kappa shape index (κ2) is 5.46. The molecule has 0 saturated carbocycles.